The van der Waals surface area contributed by atoms with Crippen molar-refractivity contribution in [3.63, 3.8) is 0 Å². The smallest absolute Gasteiger partial charge is 0.337 e. The zero-order chi connectivity index (χ0) is 26.0. The van der Waals surface area contributed by atoms with E-state index in [2.05, 4.69) is 10.4 Å². The average molecular weight is 515 g/mol. The molecule has 9 nitrogen and oxygen atoms in total. The van der Waals surface area contributed by atoms with Crippen LogP contribution in [0.2, 0.25) is 5.02 Å². The average Bonchev–Trinajstić information content (AvgIpc) is 3.64. The summed E-state index contributed by atoms with van der Waals surface area (Å²) >= 11 is 5.78. The van der Waals surface area contributed by atoms with E-state index in [9.17, 15) is 23.6 Å². The van der Waals surface area contributed by atoms with Crippen LogP contribution in [0, 0.1) is 5.82 Å². The number of rotatable bonds is 9. The molecule has 4 rings (SSSR count). The third-order valence-corrected chi connectivity index (χ3v) is 6.21. The Kier molecular flexibility index (Phi) is 7.35. The number of halogens is 2. The summed E-state index contributed by atoms with van der Waals surface area (Å²) < 4.78 is 20.2. The van der Waals surface area contributed by atoms with Crippen molar-refractivity contribution in [2.24, 2.45) is 0 Å². The van der Waals surface area contributed by atoms with Gasteiger partial charge < -0.3 is 15.0 Å². The van der Waals surface area contributed by atoms with Crippen molar-refractivity contribution in [1.82, 2.24) is 20.0 Å². The van der Waals surface area contributed by atoms with Crippen molar-refractivity contribution in [1.29, 1.82) is 0 Å². The number of hydrogen-bond donors (Lipinski definition) is 1. The summed E-state index contributed by atoms with van der Waals surface area (Å²) in [4.78, 5) is 51.3. The minimum absolute atomic E-state index is 0.0355. The number of amides is 2. The first-order chi connectivity index (χ1) is 17.2. The van der Waals surface area contributed by atoms with Crippen molar-refractivity contribution in [2.75, 3.05) is 13.7 Å². The van der Waals surface area contributed by atoms with Crippen molar-refractivity contribution >= 4 is 46.1 Å². The van der Waals surface area contributed by atoms with Gasteiger partial charge in [-0.1, -0.05) is 23.7 Å². The molecule has 2 aromatic carbocycles. The fourth-order valence-corrected chi connectivity index (χ4v) is 4.11. The van der Waals surface area contributed by atoms with E-state index in [1.807, 2.05) is 0 Å². The zero-order valence-corrected chi connectivity index (χ0v) is 20.5. The van der Waals surface area contributed by atoms with Gasteiger partial charge in [0.05, 0.1) is 29.8 Å². The van der Waals surface area contributed by atoms with Gasteiger partial charge in [-0.25, -0.2) is 9.18 Å². The first kappa shape index (κ1) is 25.3. The Morgan fingerprint density at radius 2 is 1.97 bits per heavy atom. The van der Waals surface area contributed by atoms with Crippen LogP contribution in [0.1, 0.15) is 46.2 Å². The van der Waals surface area contributed by atoms with E-state index in [0.717, 1.165) is 12.8 Å². The Bertz CT molecular complexity index is 1370. The topological polar surface area (TPSA) is 111 Å². The number of carbonyl (C=O) groups excluding carboxylic acids is 4. The van der Waals surface area contributed by atoms with E-state index in [0.29, 0.717) is 10.9 Å². The van der Waals surface area contributed by atoms with Gasteiger partial charge in [0, 0.05) is 30.5 Å². The Balaban J connectivity index is 1.50. The monoisotopic (exact) mass is 514 g/mol. The normalized spacial score (nSPS) is 12.9. The van der Waals surface area contributed by atoms with Crippen LogP contribution >= 0.6 is 11.6 Å². The summed E-state index contributed by atoms with van der Waals surface area (Å²) in [6.07, 6.45) is 1.53. The van der Waals surface area contributed by atoms with E-state index < -0.39 is 17.7 Å². The molecule has 1 heterocycles. The van der Waals surface area contributed by atoms with Crippen LogP contribution in [0.25, 0.3) is 10.9 Å². The third-order valence-electron chi connectivity index (χ3n) is 5.92. The molecule has 0 unspecified atom stereocenters. The lowest BCUT2D eigenvalue weighted by Gasteiger charge is -2.22. The summed E-state index contributed by atoms with van der Waals surface area (Å²) in [5.41, 5.74) is 1.12. The van der Waals surface area contributed by atoms with Crippen LogP contribution in [-0.2, 0) is 27.4 Å². The van der Waals surface area contributed by atoms with Gasteiger partial charge in [-0.3, -0.25) is 19.1 Å². The molecule has 36 heavy (non-hydrogen) atoms. The molecule has 1 N–H and O–H groups in total. The molecule has 188 valence electrons. The van der Waals surface area contributed by atoms with Gasteiger partial charge in [0.25, 0.3) is 0 Å². The molecule has 1 aliphatic carbocycles. The van der Waals surface area contributed by atoms with Crippen molar-refractivity contribution in [3.8, 4) is 0 Å². The molecule has 11 heteroatoms. The number of ketones is 1. The SMILES string of the molecule is COC(=O)c1ccc2c(c1)c(C(C)=O)nn2CC(=O)N(CC(=O)NCc1cccc(Cl)c1F)C1CC1. The quantitative estimate of drug-likeness (QED) is 0.347. The summed E-state index contributed by atoms with van der Waals surface area (Å²) in [6.45, 7) is 0.888. The van der Waals surface area contributed by atoms with Crippen LogP contribution in [0.15, 0.2) is 36.4 Å². The highest BCUT2D eigenvalue weighted by atomic mass is 35.5. The van der Waals surface area contributed by atoms with Gasteiger partial charge in [-0.05, 0) is 37.1 Å². The van der Waals surface area contributed by atoms with Crippen LogP contribution in [0.5, 0.6) is 0 Å². The summed E-state index contributed by atoms with van der Waals surface area (Å²) in [5.74, 6) is -2.26. The minimum Gasteiger partial charge on any atom is -0.465 e. The number of methoxy groups -OCH3 is 1. The number of fused-ring (bicyclic) bond motifs is 1. The number of nitrogens with zero attached hydrogens (tertiary/aromatic N) is 3. The van der Waals surface area contributed by atoms with Gasteiger partial charge in [0.2, 0.25) is 11.8 Å². The second kappa shape index (κ2) is 10.4. The molecule has 1 saturated carbocycles. The molecule has 0 atom stereocenters. The Hall–Kier alpha value is -3.79. The number of carbonyl (C=O) groups is 4. The largest absolute Gasteiger partial charge is 0.465 e. The third kappa shape index (κ3) is 5.38. The number of hydrogen-bond acceptors (Lipinski definition) is 6. The maximum Gasteiger partial charge on any atom is 0.337 e. The van der Waals surface area contributed by atoms with Crippen LogP contribution in [0.4, 0.5) is 4.39 Å². The second-order valence-corrected chi connectivity index (χ2v) is 8.94. The van der Waals surface area contributed by atoms with E-state index in [4.69, 9.17) is 16.3 Å². The van der Waals surface area contributed by atoms with Gasteiger partial charge in [0.1, 0.15) is 18.1 Å². The number of ether oxygens (including phenoxy) is 1. The summed E-state index contributed by atoms with van der Waals surface area (Å²) in [5, 5.41) is 7.32. The summed E-state index contributed by atoms with van der Waals surface area (Å²) in [6, 6.07) is 9.09. The van der Waals surface area contributed by atoms with Crippen LogP contribution in [0.3, 0.4) is 0 Å². The van der Waals surface area contributed by atoms with Gasteiger partial charge >= 0.3 is 5.97 Å². The van der Waals surface area contributed by atoms with Gasteiger partial charge in [-0.2, -0.15) is 5.10 Å². The number of esters is 1. The number of nitrogens with one attached hydrogen (secondary N) is 1. The van der Waals surface area contributed by atoms with E-state index in [-0.39, 0.29) is 59.2 Å². The number of aromatic nitrogens is 2. The Morgan fingerprint density at radius 3 is 2.64 bits per heavy atom. The van der Waals surface area contributed by atoms with Crippen molar-refractivity contribution in [3.05, 3.63) is 64.1 Å². The molecule has 0 bridgehead atoms. The lowest BCUT2D eigenvalue weighted by molar-refractivity contribution is -0.137. The molecular weight excluding hydrogens is 491 g/mol. The van der Waals surface area contributed by atoms with E-state index >= 15 is 0 Å². The lowest BCUT2D eigenvalue weighted by Crippen LogP contribution is -2.43. The molecule has 1 aromatic heterocycles. The van der Waals surface area contributed by atoms with Crippen molar-refractivity contribution in [2.45, 2.75) is 38.9 Å². The van der Waals surface area contributed by atoms with E-state index in [1.165, 1.54) is 47.9 Å². The second-order valence-electron chi connectivity index (χ2n) is 8.53. The highest BCUT2D eigenvalue weighted by Gasteiger charge is 2.34. The molecule has 2 amide bonds. The van der Waals surface area contributed by atoms with Gasteiger partial charge in [-0.15, -0.1) is 0 Å². The number of benzene rings is 2. The van der Waals surface area contributed by atoms with E-state index in [1.54, 1.807) is 12.1 Å². The predicted octanol–water partition coefficient (Wildman–Crippen LogP) is 3.13. The number of Topliss-reactive ketones (excluding diaryl/α,β-unsaturated/α-hetero) is 1. The lowest BCUT2D eigenvalue weighted by atomic mass is 10.1. The highest BCUT2D eigenvalue weighted by molar-refractivity contribution is 6.30. The molecule has 0 spiro atoms. The van der Waals surface area contributed by atoms with Crippen LogP contribution in [-0.4, -0.2) is 57.9 Å². The highest BCUT2D eigenvalue weighted by Crippen LogP contribution is 2.28. The maximum atomic E-state index is 14.1. The van der Waals surface area contributed by atoms with Crippen LogP contribution < -0.4 is 5.32 Å². The molecule has 0 saturated heterocycles. The zero-order valence-electron chi connectivity index (χ0n) is 19.7. The molecular formula is C25H24ClFN4O5. The predicted molar refractivity (Wildman–Crippen MR) is 129 cm³/mol. The standard InChI is InChI=1S/C25H24ClFN4O5/c1-14(32)24-18-10-15(25(35)36-2)6-9-20(18)31(29-24)13-22(34)30(17-7-8-17)12-21(33)28-11-16-4-3-5-19(26)23(16)27/h3-6,9-10,17H,7-8,11-13H2,1-2H3,(H,28,33). The fourth-order valence-electron chi connectivity index (χ4n) is 3.92. The maximum absolute atomic E-state index is 14.1. The molecule has 1 fully saturated rings. The summed E-state index contributed by atoms with van der Waals surface area (Å²) in [7, 11) is 1.26. The molecule has 0 radical (unpaired) electrons. The first-order valence-corrected chi connectivity index (χ1v) is 11.7. The molecule has 3 aromatic rings. The fraction of sp³-hybridized carbons (Fsp3) is 0.320. The Morgan fingerprint density at radius 1 is 1.22 bits per heavy atom. The molecule has 1 aliphatic rings. The van der Waals surface area contributed by atoms with Gasteiger partial charge in [0.15, 0.2) is 5.78 Å². The minimum atomic E-state index is -0.600. The molecule has 0 aliphatic heterocycles. The Labute approximate surface area is 211 Å². The first-order valence-electron chi connectivity index (χ1n) is 11.3. The van der Waals surface area contributed by atoms with Crippen molar-refractivity contribution < 1.29 is 28.3 Å².